The van der Waals surface area contributed by atoms with E-state index >= 15 is 0 Å². The van der Waals surface area contributed by atoms with Crippen LogP contribution in [0.25, 0.3) is 17.2 Å². The van der Waals surface area contributed by atoms with Crippen molar-refractivity contribution < 1.29 is 14.3 Å². The lowest BCUT2D eigenvalue weighted by atomic mass is 9.81. The quantitative estimate of drug-likeness (QED) is 0.703. The number of benzene rings is 3. The fourth-order valence-corrected chi connectivity index (χ4v) is 3.72. The van der Waals surface area contributed by atoms with Crippen molar-refractivity contribution in [2.75, 3.05) is 7.11 Å². The minimum atomic E-state index is -1.40. The van der Waals surface area contributed by atoms with Crippen LogP contribution in [0.5, 0.6) is 0 Å². The molecule has 0 aromatic heterocycles. The standard InChI is InChI=1S/C24H19NO3/c1-3-16-12-13-20-21(14-16)24(23(27)28-2,25-22(20)26)19-11-7-10-18(15-19)17-8-5-4-6-9-17/h3-15H,1H2,2H3,(H,25,26). The molecule has 1 N–H and O–H groups in total. The average Bonchev–Trinajstić information content (AvgIpc) is 3.06. The van der Waals surface area contributed by atoms with E-state index in [-0.39, 0.29) is 5.91 Å². The number of fused-ring (bicyclic) bond motifs is 1. The molecule has 1 amide bonds. The first-order valence-corrected chi connectivity index (χ1v) is 8.94. The van der Waals surface area contributed by atoms with Crippen molar-refractivity contribution in [2.45, 2.75) is 5.54 Å². The van der Waals surface area contributed by atoms with E-state index < -0.39 is 11.5 Å². The first-order valence-electron chi connectivity index (χ1n) is 8.94. The lowest BCUT2D eigenvalue weighted by Gasteiger charge is -2.28. The summed E-state index contributed by atoms with van der Waals surface area (Å²) < 4.78 is 5.14. The van der Waals surface area contributed by atoms with E-state index in [1.54, 1.807) is 18.2 Å². The van der Waals surface area contributed by atoms with Crippen LogP contribution in [0.15, 0.2) is 79.4 Å². The molecule has 3 aromatic carbocycles. The number of hydrogen-bond acceptors (Lipinski definition) is 3. The molecule has 0 spiro atoms. The highest BCUT2D eigenvalue weighted by Gasteiger charge is 2.51. The molecule has 0 saturated heterocycles. The monoisotopic (exact) mass is 369 g/mol. The molecule has 4 heteroatoms. The van der Waals surface area contributed by atoms with Crippen molar-refractivity contribution in [3.63, 3.8) is 0 Å². The summed E-state index contributed by atoms with van der Waals surface area (Å²) in [5, 5.41) is 2.88. The summed E-state index contributed by atoms with van der Waals surface area (Å²) >= 11 is 0. The summed E-state index contributed by atoms with van der Waals surface area (Å²) in [6.45, 7) is 3.79. The molecule has 1 heterocycles. The molecule has 28 heavy (non-hydrogen) atoms. The second-order valence-corrected chi connectivity index (χ2v) is 6.65. The summed E-state index contributed by atoms with van der Waals surface area (Å²) in [5.74, 6) is -0.841. The number of amides is 1. The van der Waals surface area contributed by atoms with Crippen LogP contribution in [0, 0.1) is 0 Å². The van der Waals surface area contributed by atoms with Crippen LogP contribution >= 0.6 is 0 Å². The van der Waals surface area contributed by atoms with Gasteiger partial charge in [-0.1, -0.05) is 67.3 Å². The van der Waals surface area contributed by atoms with Gasteiger partial charge in [-0.15, -0.1) is 0 Å². The predicted octanol–water partition coefficient (Wildman–Crippen LogP) is 4.16. The van der Waals surface area contributed by atoms with Gasteiger partial charge in [-0.05, 0) is 40.5 Å². The van der Waals surface area contributed by atoms with Gasteiger partial charge in [-0.25, -0.2) is 4.79 Å². The Kier molecular flexibility index (Phi) is 4.32. The summed E-state index contributed by atoms with van der Waals surface area (Å²) in [5.41, 5.74) is 3.08. The Morgan fingerprint density at radius 2 is 1.75 bits per heavy atom. The van der Waals surface area contributed by atoms with E-state index in [4.69, 9.17) is 4.74 Å². The molecule has 0 saturated carbocycles. The van der Waals surface area contributed by atoms with Gasteiger partial charge >= 0.3 is 5.97 Å². The van der Waals surface area contributed by atoms with Crippen LogP contribution in [-0.2, 0) is 15.1 Å². The summed E-state index contributed by atoms with van der Waals surface area (Å²) in [7, 11) is 1.33. The number of hydrogen-bond donors (Lipinski definition) is 1. The van der Waals surface area contributed by atoms with Gasteiger partial charge in [0, 0.05) is 11.1 Å². The molecular weight excluding hydrogens is 350 g/mol. The number of carbonyl (C=O) groups is 2. The van der Waals surface area contributed by atoms with Gasteiger partial charge < -0.3 is 10.1 Å². The molecule has 1 unspecified atom stereocenters. The Bertz CT molecular complexity index is 1090. The first kappa shape index (κ1) is 17.7. The summed E-state index contributed by atoms with van der Waals surface area (Å²) in [6, 6.07) is 22.8. The number of ether oxygens (including phenoxy) is 1. The number of carbonyl (C=O) groups excluding carboxylic acids is 2. The van der Waals surface area contributed by atoms with E-state index in [1.807, 2.05) is 60.7 Å². The van der Waals surface area contributed by atoms with Crippen LogP contribution in [-0.4, -0.2) is 19.0 Å². The van der Waals surface area contributed by atoms with Crippen LogP contribution in [0.4, 0.5) is 0 Å². The fraction of sp³-hybridized carbons (Fsp3) is 0.0833. The number of methoxy groups -OCH3 is 1. The highest BCUT2D eigenvalue weighted by Crippen LogP contribution is 2.40. The van der Waals surface area contributed by atoms with Crippen LogP contribution in [0.2, 0.25) is 0 Å². The second kappa shape index (κ2) is 6.82. The highest BCUT2D eigenvalue weighted by atomic mass is 16.5. The predicted molar refractivity (Wildman–Crippen MR) is 109 cm³/mol. The molecule has 138 valence electrons. The zero-order valence-electron chi connectivity index (χ0n) is 15.4. The fourth-order valence-electron chi connectivity index (χ4n) is 3.72. The van der Waals surface area contributed by atoms with E-state index in [2.05, 4.69) is 11.9 Å². The Hall–Kier alpha value is -3.66. The molecule has 4 nitrogen and oxygen atoms in total. The third-order valence-electron chi connectivity index (χ3n) is 5.12. The molecule has 4 rings (SSSR count). The maximum atomic E-state index is 13.0. The molecule has 1 aliphatic heterocycles. The van der Waals surface area contributed by atoms with Gasteiger partial charge in [-0.2, -0.15) is 0 Å². The number of rotatable bonds is 4. The van der Waals surface area contributed by atoms with Crippen molar-refractivity contribution in [2.24, 2.45) is 0 Å². The van der Waals surface area contributed by atoms with Gasteiger partial charge in [0.25, 0.3) is 5.91 Å². The summed E-state index contributed by atoms with van der Waals surface area (Å²) in [6.07, 6.45) is 1.69. The molecule has 3 aromatic rings. The first-order chi connectivity index (χ1) is 13.6. The topological polar surface area (TPSA) is 55.4 Å². The van der Waals surface area contributed by atoms with Crippen LogP contribution in [0.3, 0.4) is 0 Å². The maximum Gasteiger partial charge on any atom is 0.341 e. The maximum absolute atomic E-state index is 13.0. The van der Waals surface area contributed by atoms with Crippen molar-refractivity contribution in [3.05, 3.63) is 102 Å². The smallest absolute Gasteiger partial charge is 0.341 e. The van der Waals surface area contributed by atoms with E-state index in [1.165, 1.54) is 7.11 Å². The zero-order chi connectivity index (χ0) is 19.7. The zero-order valence-corrected chi connectivity index (χ0v) is 15.4. The molecule has 1 atom stereocenters. The Morgan fingerprint density at radius 3 is 2.46 bits per heavy atom. The lowest BCUT2D eigenvalue weighted by molar-refractivity contribution is -0.146. The van der Waals surface area contributed by atoms with Crippen molar-refractivity contribution >= 4 is 18.0 Å². The van der Waals surface area contributed by atoms with Crippen LogP contribution in [0.1, 0.15) is 27.0 Å². The number of nitrogens with one attached hydrogen (secondary N) is 1. The molecule has 0 radical (unpaired) electrons. The molecule has 1 aliphatic rings. The second-order valence-electron chi connectivity index (χ2n) is 6.65. The van der Waals surface area contributed by atoms with Gasteiger partial charge in [0.05, 0.1) is 7.11 Å². The van der Waals surface area contributed by atoms with Crippen LogP contribution < -0.4 is 5.32 Å². The highest BCUT2D eigenvalue weighted by molar-refractivity contribution is 6.08. The summed E-state index contributed by atoms with van der Waals surface area (Å²) in [4.78, 5) is 25.7. The minimum Gasteiger partial charge on any atom is -0.467 e. The Morgan fingerprint density at radius 1 is 1.00 bits per heavy atom. The third kappa shape index (κ3) is 2.62. The Labute approximate surface area is 163 Å². The van der Waals surface area contributed by atoms with Gasteiger partial charge in [-0.3, -0.25) is 4.79 Å². The van der Waals surface area contributed by atoms with Crippen molar-refractivity contribution in [1.29, 1.82) is 0 Å². The molecule has 0 bridgehead atoms. The van der Waals surface area contributed by atoms with E-state index in [9.17, 15) is 9.59 Å². The van der Waals surface area contributed by atoms with Crippen molar-refractivity contribution in [1.82, 2.24) is 5.32 Å². The molecular formula is C24H19NO3. The number of esters is 1. The minimum absolute atomic E-state index is 0.305. The van der Waals surface area contributed by atoms with E-state index in [0.717, 1.165) is 16.7 Å². The third-order valence-corrected chi connectivity index (χ3v) is 5.12. The molecule has 0 fully saturated rings. The largest absolute Gasteiger partial charge is 0.467 e. The average molecular weight is 369 g/mol. The van der Waals surface area contributed by atoms with Gasteiger partial charge in [0.1, 0.15) is 0 Å². The van der Waals surface area contributed by atoms with Crippen molar-refractivity contribution in [3.8, 4) is 11.1 Å². The van der Waals surface area contributed by atoms with E-state index in [0.29, 0.717) is 16.7 Å². The SMILES string of the molecule is C=Cc1ccc2c(c1)C(C(=O)OC)(c1cccc(-c3ccccc3)c1)NC2=O. The lowest BCUT2D eigenvalue weighted by Crippen LogP contribution is -2.48. The molecule has 0 aliphatic carbocycles. The van der Waals surface area contributed by atoms with Gasteiger partial charge in [0.2, 0.25) is 0 Å². The normalized spacial score (nSPS) is 17.5. The van der Waals surface area contributed by atoms with Gasteiger partial charge in [0.15, 0.2) is 5.54 Å². The Balaban J connectivity index is 1.96.